The summed E-state index contributed by atoms with van der Waals surface area (Å²) in [6.45, 7) is 1.85. The predicted molar refractivity (Wildman–Crippen MR) is 84.6 cm³/mol. The molecule has 2 nitrogen and oxygen atoms in total. The molecule has 3 rings (SSSR count). The summed E-state index contributed by atoms with van der Waals surface area (Å²) in [4.78, 5) is 0. The molecule has 2 heterocycles. The van der Waals surface area contributed by atoms with Crippen LogP contribution in [0, 0.1) is 0 Å². The van der Waals surface area contributed by atoms with E-state index in [1.807, 2.05) is 11.8 Å². The fourth-order valence-electron chi connectivity index (χ4n) is 2.96. The highest BCUT2D eigenvalue weighted by Crippen LogP contribution is 2.38. The standard InChI is InChI=1S/C15H20BrNOS/c16-14-4-2-1-3-12(14)10-17-13-5-7-18-15(9-13)6-8-19-11-15/h1-4,13,17H,5-11H2. The van der Waals surface area contributed by atoms with E-state index in [9.17, 15) is 0 Å². The highest BCUT2D eigenvalue weighted by atomic mass is 79.9. The Morgan fingerprint density at radius 3 is 3.11 bits per heavy atom. The van der Waals surface area contributed by atoms with Crippen molar-refractivity contribution in [1.29, 1.82) is 0 Å². The lowest BCUT2D eigenvalue weighted by atomic mass is 9.90. The van der Waals surface area contributed by atoms with Gasteiger partial charge in [0.1, 0.15) is 0 Å². The molecule has 2 unspecified atom stereocenters. The summed E-state index contributed by atoms with van der Waals surface area (Å²) in [6.07, 6.45) is 3.53. The molecule has 1 aromatic rings. The first-order valence-corrected chi connectivity index (χ1v) is 8.91. The number of hydrogen-bond donors (Lipinski definition) is 1. The lowest BCUT2D eigenvalue weighted by Gasteiger charge is -2.38. The largest absolute Gasteiger partial charge is 0.374 e. The third-order valence-corrected chi connectivity index (χ3v) is 6.10. The number of thioether (sulfide) groups is 1. The van der Waals surface area contributed by atoms with Crippen LogP contribution in [0.4, 0.5) is 0 Å². The fraction of sp³-hybridized carbons (Fsp3) is 0.600. The Morgan fingerprint density at radius 2 is 2.32 bits per heavy atom. The molecule has 1 spiro atoms. The SMILES string of the molecule is Brc1ccccc1CNC1CCOC2(CCSC2)C1. The van der Waals surface area contributed by atoms with Gasteiger partial charge in [0.2, 0.25) is 0 Å². The Bertz CT molecular complexity index is 434. The van der Waals surface area contributed by atoms with Crippen LogP contribution in [0.3, 0.4) is 0 Å². The first kappa shape index (κ1) is 13.9. The third kappa shape index (κ3) is 3.35. The molecule has 1 aromatic carbocycles. The summed E-state index contributed by atoms with van der Waals surface area (Å²) < 4.78 is 7.26. The van der Waals surface area contributed by atoms with E-state index in [1.54, 1.807) is 0 Å². The number of benzene rings is 1. The molecule has 0 amide bonds. The molecular weight excluding hydrogens is 322 g/mol. The molecule has 2 fully saturated rings. The van der Waals surface area contributed by atoms with E-state index in [2.05, 4.69) is 45.5 Å². The molecule has 19 heavy (non-hydrogen) atoms. The van der Waals surface area contributed by atoms with Crippen LogP contribution in [0.15, 0.2) is 28.7 Å². The first-order chi connectivity index (χ1) is 9.27. The highest BCUT2D eigenvalue weighted by Gasteiger charge is 2.40. The van der Waals surface area contributed by atoms with Gasteiger partial charge in [0.25, 0.3) is 0 Å². The summed E-state index contributed by atoms with van der Waals surface area (Å²) >= 11 is 5.65. The second-order valence-corrected chi connectivity index (χ2v) is 7.46. The molecule has 2 atom stereocenters. The average molecular weight is 342 g/mol. The molecule has 0 aliphatic carbocycles. The van der Waals surface area contributed by atoms with E-state index in [1.165, 1.54) is 34.4 Å². The van der Waals surface area contributed by atoms with Crippen LogP contribution in [0.1, 0.15) is 24.8 Å². The molecule has 2 aliphatic heterocycles. The van der Waals surface area contributed by atoms with Crippen molar-refractivity contribution in [3.05, 3.63) is 34.3 Å². The normalized spacial score (nSPS) is 30.9. The number of nitrogens with one attached hydrogen (secondary N) is 1. The maximum absolute atomic E-state index is 6.06. The molecule has 2 saturated heterocycles. The van der Waals surface area contributed by atoms with Gasteiger partial charge in [-0.25, -0.2) is 0 Å². The van der Waals surface area contributed by atoms with Gasteiger partial charge in [-0.15, -0.1) is 0 Å². The summed E-state index contributed by atoms with van der Waals surface area (Å²) in [5, 5.41) is 3.71. The van der Waals surface area contributed by atoms with Crippen molar-refractivity contribution in [2.75, 3.05) is 18.1 Å². The first-order valence-electron chi connectivity index (χ1n) is 6.96. The molecule has 4 heteroatoms. The minimum absolute atomic E-state index is 0.175. The minimum atomic E-state index is 0.175. The van der Waals surface area contributed by atoms with Crippen molar-refractivity contribution in [1.82, 2.24) is 5.32 Å². The monoisotopic (exact) mass is 341 g/mol. The van der Waals surface area contributed by atoms with E-state index in [4.69, 9.17) is 4.74 Å². The molecular formula is C15H20BrNOS. The maximum Gasteiger partial charge on any atom is 0.0795 e. The minimum Gasteiger partial charge on any atom is -0.374 e. The molecule has 0 saturated carbocycles. The van der Waals surface area contributed by atoms with Crippen molar-refractivity contribution in [2.24, 2.45) is 0 Å². The molecule has 1 N–H and O–H groups in total. The summed E-state index contributed by atoms with van der Waals surface area (Å²) in [7, 11) is 0. The zero-order valence-electron chi connectivity index (χ0n) is 11.0. The second kappa shape index (κ2) is 6.17. The number of rotatable bonds is 3. The van der Waals surface area contributed by atoms with Crippen LogP contribution in [-0.2, 0) is 11.3 Å². The summed E-state index contributed by atoms with van der Waals surface area (Å²) in [5.74, 6) is 2.44. The van der Waals surface area contributed by atoms with Gasteiger partial charge in [0.05, 0.1) is 5.60 Å². The average Bonchev–Trinajstić information content (AvgIpc) is 2.86. The van der Waals surface area contributed by atoms with Gasteiger partial charge in [-0.1, -0.05) is 34.1 Å². The van der Waals surface area contributed by atoms with Crippen LogP contribution in [0.2, 0.25) is 0 Å². The second-order valence-electron chi connectivity index (χ2n) is 5.50. The Morgan fingerprint density at radius 1 is 1.42 bits per heavy atom. The predicted octanol–water partition coefficient (Wildman–Crippen LogP) is 3.59. The van der Waals surface area contributed by atoms with Crippen LogP contribution in [0.25, 0.3) is 0 Å². The Hall–Kier alpha value is -0.0300. The van der Waals surface area contributed by atoms with Gasteiger partial charge in [-0.2, -0.15) is 11.8 Å². The highest BCUT2D eigenvalue weighted by molar-refractivity contribution is 9.10. The van der Waals surface area contributed by atoms with Crippen LogP contribution in [-0.4, -0.2) is 29.8 Å². The molecule has 0 bridgehead atoms. The van der Waals surface area contributed by atoms with Gasteiger partial charge in [-0.3, -0.25) is 0 Å². The van der Waals surface area contributed by atoms with Crippen molar-refractivity contribution in [3.63, 3.8) is 0 Å². The van der Waals surface area contributed by atoms with Crippen molar-refractivity contribution in [3.8, 4) is 0 Å². The molecule has 2 aliphatic rings. The fourth-order valence-corrected chi connectivity index (χ4v) is 4.76. The van der Waals surface area contributed by atoms with Crippen LogP contribution in [0.5, 0.6) is 0 Å². The molecule has 104 valence electrons. The lowest BCUT2D eigenvalue weighted by Crippen LogP contribution is -2.47. The number of hydrogen-bond acceptors (Lipinski definition) is 3. The smallest absolute Gasteiger partial charge is 0.0795 e. The van der Waals surface area contributed by atoms with Gasteiger partial charge < -0.3 is 10.1 Å². The summed E-state index contributed by atoms with van der Waals surface area (Å²) in [5.41, 5.74) is 1.51. The van der Waals surface area contributed by atoms with Gasteiger partial charge in [0.15, 0.2) is 0 Å². The Labute approximate surface area is 127 Å². The molecule has 0 aromatic heterocycles. The van der Waals surface area contributed by atoms with Crippen LogP contribution >= 0.6 is 27.7 Å². The van der Waals surface area contributed by atoms with E-state index in [0.717, 1.165) is 19.6 Å². The third-order valence-electron chi connectivity index (χ3n) is 4.10. The quantitative estimate of drug-likeness (QED) is 0.907. The molecule has 0 radical (unpaired) electrons. The zero-order chi connectivity index (χ0) is 13.1. The van der Waals surface area contributed by atoms with E-state index in [0.29, 0.717) is 6.04 Å². The Balaban J connectivity index is 1.57. The van der Waals surface area contributed by atoms with Crippen molar-refractivity contribution in [2.45, 2.75) is 37.5 Å². The van der Waals surface area contributed by atoms with E-state index in [-0.39, 0.29) is 5.60 Å². The van der Waals surface area contributed by atoms with E-state index >= 15 is 0 Å². The number of halogens is 1. The van der Waals surface area contributed by atoms with Crippen molar-refractivity contribution < 1.29 is 4.74 Å². The van der Waals surface area contributed by atoms with Crippen LogP contribution < -0.4 is 5.32 Å². The lowest BCUT2D eigenvalue weighted by molar-refractivity contribution is -0.0703. The summed E-state index contributed by atoms with van der Waals surface area (Å²) in [6, 6.07) is 9.04. The van der Waals surface area contributed by atoms with Gasteiger partial charge in [-0.05, 0) is 36.6 Å². The van der Waals surface area contributed by atoms with Crippen molar-refractivity contribution >= 4 is 27.7 Å². The van der Waals surface area contributed by atoms with Gasteiger partial charge in [0, 0.05) is 29.4 Å². The van der Waals surface area contributed by atoms with Gasteiger partial charge >= 0.3 is 0 Å². The Kier molecular flexibility index (Phi) is 4.52. The topological polar surface area (TPSA) is 21.3 Å². The maximum atomic E-state index is 6.06. The van der Waals surface area contributed by atoms with E-state index < -0.39 is 0 Å². The zero-order valence-corrected chi connectivity index (χ0v) is 13.4. The number of ether oxygens (including phenoxy) is 1.